The third-order valence-electron chi connectivity index (χ3n) is 4.34. The minimum atomic E-state index is 0.0788. The fourth-order valence-corrected chi connectivity index (χ4v) is 3.04. The van der Waals surface area contributed by atoms with Crippen LogP contribution in [0.4, 0.5) is 0 Å². The molecule has 0 aromatic heterocycles. The molecule has 22 heavy (non-hydrogen) atoms. The van der Waals surface area contributed by atoms with Crippen molar-refractivity contribution in [3.63, 3.8) is 0 Å². The molecule has 5 nitrogen and oxygen atoms in total. The van der Waals surface area contributed by atoms with Gasteiger partial charge in [-0.2, -0.15) is 0 Å². The minimum Gasteiger partial charge on any atom is -0.493 e. The molecule has 1 saturated carbocycles. The number of hydrogen-bond acceptors (Lipinski definition) is 4. The van der Waals surface area contributed by atoms with E-state index in [2.05, 4.69) is 0 Å². The van der Waals surface area contributed by atoms with E-state index in [1.165, 1.54) is 0 Å². The van der Waals surface area contributed by atoms with Crippen molar-refractivity contribution in [2.75, 3.05) is 20.8 Å². The predicted molar refractivity (Wildman–Crippen MR) is 86.0 cm³/mol. The van der Waals surface area contributed by atoms with Crippen LogP contribution in [0.3, 0.4) is 0 Å². The lowest BCUT2D eigenvalue weighted by Gasteiger charge is -2.24. The van der Waals surface area contributed by atoms with E-state index in [-0.39, 0.29) is 17.9 Å². The molecule has 1 aliphatic rings. The molecule has 2 rings (SSSR count). The average molecular weight is 306 g/mol. The van der Waals surface area contributed by atoms with E-state index in [0.29, 0.717) is 24.6 Å². The predicted octanol–water partition coefficient (Wildman–Crippen LogP) is 2.18. The highest BCUT2D eigenvalue weighted by Crippen LogP contribution is 2.29. The van der Waals surface area contributed by atoms with E-state index < -0.39 is 0 Å². The Bertz CT molecular complexity index is 519. The molecule has 2 N–H and O–H groups in total. The Hall–Kier alpha value is -1.75. The van der Waals surface area contributed by atoms with Gasteiger partial charge >= 0.3 is 0 Å². The topological polar surface area (TPSA) is 64.8 Å². The molecule has 0 radical (unpaired) electrons. The Balaban J connectivity index is 2.08. The molecule has 1 aliphatic carbocycles. The number of amides is 1. The van der Waals surface area contributed by atoms with Crippen molar-refractivity contribution in [1.29, 1.82) is 0 Å². The Kier molecular flexibility index (Phi) is 5.66. The Morgan fingerprint density at radius 2 is 2.00 bits per heavy atom. The second-order valence-corrected chi connectivity index (χ2v) is 5.81. The van der Waals surface area contributed by atoms with Crippen LogP contribution in [0.5, 0.6) is 11.5 Å². The molecule has 5 heteroatoms. The highest BCUT2D eigenvalue weighted by atomic mass is 16.5. The fourth-order valence-electron chi connectivity index (χ4n) is 3.04. The summed E-state index contributed by atoms with van der Waals surface area (Å²) in [6.45, 7) is 3.29. The molecule has 0 spiro atoms. The maximum absolute atomic E-state index is 12.6. The van der Waals surface area contributed by atoms with Gasteiger partial charge in [-0.05, 0) is 43.9 Å². The van der Waals surface area contributed by atoms with Gasteiger partial charge in [0.25, 0.3) is 0 Å². The van der Waals surface area contributed by atoms with E-state index in [0.717, 1.165) is 24.8 Å². The minimum absolute atomic E-state index is 0.0788. The first-order chi connectivity index (χ1) is 10.6. The summed E-state index contributed by atoms with van der Waals surface area (Å²) in [5, 5.41) is 0. The van der Waals surface area contributed by atoms with Gasteiger partial charge in [0, 0.05) is 25.0 Å². The number of carbonyl (C=O) groups is 1. The van der Waals surface area contributed by atoms with Gasteiger partial charge in [0.05, 0.1) is 14.2 Å². The maximum Gasteiger partial charge on any atom is 0.226 e. The molecule has 0 unspecified atom stereocenters. The zero-order valence-electron chi connectivity index (χ0n) is 13.7. The average Bonchev–Trinajstić information content (AvgIpc) is 2.98. The zero-order valence-corrected chi connectivity index (χ0v) is 13.7. The number of ether oxygens (including phenoxy) is 2. The first kappa shape index (κ1) is 16.6. The van der Waals surface area contributed by atoms with Gasteiger partial charge in [0.2, 0.25) is 5.91 Å². The number of hydrogen-bond donors (Lipinski definition) is 1. The van der Waals surface area contributed by atoms with Crippen LogP contribution in [0.1, 0.15) is 31.7 Å². The molecule has 0 heterocycles. The van der Waals surface area contributed by atoms with Crippen LogP contribution in [-0.2, 0) is 11.3 Å². The van der Waals surface area contributed by atoms with Crippen molar-refractivity contribution >= 4 is 5.91 Å². The number of carbonyl (C=O) groups excluding carboxylic acids is 1. The number of nitrogens with zero attached hydrogens (tertiary/aromatic N) is 1. The quantitative estimate of drug-likeness (QED) is 0.875. The van der Waals surface area contributed by atoms with Gasteiger partial charge in [-0.3, -0.25) is 4.79 Å². The van der Waals surface area contributed by atoms with Crippen molar-refractivity contribution in [2.24, 2.45) is 11.7 Å². The van der Waals surface area contributed by atoms with Crippen LogP contribution in [0.2, 0.25) is 0 Å². The van der Waals surface area contributed by atoms with E-state index in [1.807, 2.05) is 30.0 Å². The normalized spacial score (nSPS) is 20.7. The first-order valence-corrected chi connectivity index (χ1v) is 7.84. The van der Waals surface area contributed by atoms with Gasteiger partial charge in [0.1, 0.15) is 0 Å². The van der Waals surface area contributed by atoms with Crippen LogP contribution in [0, 0.1) is 5.92 Å². The Labute approximate surface area is 132 Å². The highest BCUT2D eigenvalue weighted by molar-refractivity contribution is 5.79. The van der Waals surface area contributed by atoms with Crippen molar-refractivity contribution in [3.05, 3.63) is 23.8 Å². The largest absolute Gasteiger partial charge is 0.493 e. The second-order valence-electron chi connectivity index (χ2n) is 5.81. The first-order valence-electron chi connectivity index (χ1n) is 7.84. The monoisotopic (exact) mass is 306 g/mol. The highest BCUT2D eigenvalue weighted by Gasteiger charge is 2.30. The van der Waals surface area contributed by atoms with Crippen LogP contribution >= 0.6 is 0 Å². The van der Waals surface area contributed by atoms with E-state index in [4.69, 9.17) is 15.2 Å². The maximum atomic E-state index is 12.6. The summed E-state index contributed by atoms with van der Waals surface area (Å²) in [7, 11) is 3.23. The van der Waals surface area contributed by atoms with Crippen LogP contribution in [-0.4, -0.2) is 37.6 Å². The standard InChI is InChI=1S/C17H26N2O3/c1-4-19(17(20)13-6-7-14(18)10-13)11-12-5-8-15(21-2)16(9-12)22-3/h5,8-9,13-14H,4,6-7,10-11,18H2,1-3H3/t13-,14+/m1/s1. The van der Waals surface area contributed by atoms with Gasteiger partial charge in [-0.25, -0.2) is 0 Å². The number of rotatable bonds is 6. The Morgan fingerprint density at radius 3 is 2.55 bits per heavy atom. The van der Waals surface area contributed by atoms with Crippen molar-refractivity contribution in [3.8, 4) is 11.5 Å². The third-order valence-corrected chi connectivity index (χ3v) is 4.34. The van der Waals surface area contributed by atoms with Gasteiger partial charge in [-0.1, -0.05) is 6.07 Å². The molecular weight excluding hydrogens is 280 g/mol. The lowest BCUT2D eigenvalue weighted by atomic mass is 10.1. The number of nitrogens with two attached hydrogens (primary N) is 1. The molecule has 1 aromatic carbocycles. The van der Waals surface area contributed by atoms with Gasteiger partial charge in [-0.15, -0.1) is 0 Å². The van der Waals surface area contributed by atoms with E-state index in [1.54, 1.807) is 14.2 Å². The summed E-state index contributed by atoms with van der Waals surface area (Å²) in [5.74, 6) is 1.68. The number of methoxy groups -OCH3 is 2. The molecule has 1 aromatic rings. The summed E-state index contributed by atoms with van der Waals surface area (Å²) in [6, 6.07) is 5.94. The number of benzene rings is 1. The summed E-state index contributed by atoms with van der Waals surface area (Å²) in [4.78, 5) is 14.5. The van der Waals surface area contributed by atoms with Crippen molar-refractivity contribution in [2.45, 2.75) is 38.8 Å². The van der Waals surface area contributed by atoms with Gasteiger partial charge < -0.3 is 20.1 Å². The summed E-state index contributed by atoms with van der Waals surface area (Å²) < 4.78 is 10.6. The molecule has 0 saturated heterocycles. The van der Waals surface area contributed by atoms with Gasteiger partial charge in [0.15, 0.2) is 11.5 Å². The summed E-state index contributed by atoms with van der Waals surface area (Å²) in [6.07, 6.45) is 2.66. The molecule has 0 bridgehead atoms. The molecule has 2 atom stereocenters. The van der Waals surface area contributed by atoms with Crippen LogP contribution in [0.15, 0.2) is 18.2 Å². The molecule has 122 valence electrons. The Morgan fingerprint density at radius 1 is 1.27 bits per heavy atom. The smallest absolute Gasteiger partial charge is 0.226 e. The van der Waals surface area contributed by atoms with Crippen LogP contribution in [0.25, 0.3) is 0 Å². The molecule has 0 aliphatic heterocycles. The third kappa shape index (κ3) is 3.71. The summed E-state index contributed by atoms with van der Waals surface area (Å²) in [5.41, 5.74) is 6.96. The lowest BCUT2D eigenvalue weighted by Crippen LogP contribution is -2.35. The zero-order chi connectivity index (χ0) is 16.1. The second kappa shape index (κ2) is 7.49. The SMILES string of the molecule is CCN(Cc1ccc(OC)c(OC)c1)C(=O)[C@@H]1CC[C@H](N)C1. The van der Waals surface area contributed by atoms with E-state index in [9.17, 15) is 4.79 Å². The van der Waals surface area contributed by atoms with Crippen molar-refractivity contribution < 1.29 is 14.3 Å². The fraction of sp³-hybridized carbons (Fsp3) is 0.588. The van der Waals surface area contributed by atoms with Crippen molar-refractivity contribution in [1.82, 2.24) is 4.90 Å². The molecule has 1 fully saturated rings. The van der Waals surface area contributed by atoms with Crippen LogP contribution < -0.4 is 15.2 Å². The molecule has 1 amide bonds. The lowest BCUT2D eigenvalue weighted by molar-refractivity contribution is -0.135. The summed E-state index contributed by atoms with van der Waals surface area (Å²) >= 11 is 0. The molecular formula is C17H26N2O3. The van der Waals surface area contributed by atoms with E-state index >= 15 is 0 Å².